The highest BCUT2D eigenvalue weighted by Gasteiger charge is 2.37. The normalized spacial score (nSPS) is 27.6. The number of benzene rings is 1. The summed E-state index contributed by atoms with van der Waals surface area (Å²) in [4.78, 5) is 2.56. The number of halogens is 1. The van der Waals surface area contributed by atoms with Crippen LogP contribution in [-0.4, -0.2) is 37.2 Å². The van der Waals surface area contributed by atoms with Crippen LogP contribution in [0.1, 0.15) is 12.0 Å². The molecule has 2 atom stereocenters. The molecular formula is C13H17BrN2O. The molecule has 3 nitrogen and oxygen atoms in total. The Morgan fingerprint density at radius 1 is 1.53 bits per heavy atom. The molecule has 2 bridgehead atoms. The van der Waals surface area contributed by atoms with Gasteiger partial charge in [-0.2, -0.15) is 0 Å². The number of hydrogen-bond donors (Lipinski definition) is 1. The van der Waals surface area contributed by atoms with Gasteiger partial charge < -0.3 is 10.1 Å². The second-order valence-corrected chi connectivity index (χ2v) is 5.80. The Hall–Kier alpha value is -0.580. The SMILES string of the molecule is COc1cc(Br)ccc1CN1CC2C[C@@H]1CN2. The number of ether oxygens (including phenoxy) is 1. The van der Waals surface area contributed by atoms with Gasteiger partial charge in [-0.3, -0.25) is 4.90 Å². The van der Waals surface area contributed by atoms with Crippen molar-refractivity contribution < 1.29 is 4.74 Å². The van der Waals surface area contributed by atoms with Gasteiger partial charge in [0.15, 0.2) is 0 Å². The first-order valence-electron chi connectivity index (χ1n) is 6.06. The summed E-state index contributed by atoms with van der Waals surface area (Å²) in [6.07, 6.45) is 1.30. The van der Waals surface area contributed by atoms with Gasteiger partial charge in [0.2, 0.25) is 0 Å². The fourth-order valence-electron chi connectivity index (χ4n) is 2.91. The van der Waals surface area contributed by atoms with Crippen molar-refractivity contribution in [3.8, 4) is 5.75 Å². The van der Waals surface area contributed by atoms with Crippen LogP contribution in [0.25, 0.3) is 0 Å². The minimum Gasteiger partial charge on any atom is -0.496 e. The first-order chi connectivity index (χ1) is 8.26. The van der Waals surface area contributed by atoms with Crippen LogP contribution in [0.2, 0.25) is 0 Å². The van der Waals surface area contributed by atoms with E-state index in [0.717, 1.165) is 23.3 Å². The zero-order valence-corrected chi connectivity index (χ0v) is 11.5. The molecule has 2 aliphatic rings. The molecule has 4 heteroatoms. The number of fused-ring (bicyclic) bond motifs is 2. The number of likely N-dealkylation sites (tertiary alicyclic amines) is 1. The second kappa shape index (κ2) is 4.59. The first kappa shape index (κ1) is 11.5. The van der Waals surface area contributed by atoms with E-state index in [9.17, 15) is 0 Å². The van der Waals surface area contributed by atoms with Crippen molar-refractivity contribution in [2.75, 3.05) is 20.2 Å². The van der Waals surface area contributed by atoms with Gasteiger partial charge in [0.25, 0.3) is 0 Å². The molecule has 0 amide bonds. The molecule has 0 radical (unpaired) electrons. The zero-order valence-electron chi connectivity index (χ0n) is 9.95. The number of nitrogens with zero attached hydrogens (tertiary/aromatic N) is 1. The van der Waals surface area contributed by atoms with E-state index < -0.39 is 0 Å². The Bertz CT molecular complexity index is 424. The number of hydrogen-bond acceptors (Lipinski definition) is 3. The molecule has 1 aromatic rings. The predicted molar refractivity (Wildman–Crippen MR) is 71.3 cm³/mol. The summed E-state index contributed by atoms with van der Waals surface area (Å²) in [5.74, 6) is 0.982. The van der Waals surface area contributed by atoms with E-state index in [-0.39, 0.29) is 0 Å². The molecule has 0 aromatic heterocycles. The average molecular weight is 297 g/mol. The fraction of sp³-hybridized carbons (Fsp3) is 0.538. The summed E-state index contributed by atoms with van der Waals surface area (Å²) in [6.45, 7) is 3.31. The fourth-order valence-corrected chi connectivity index (χ4v) is 3.25. The lowest BCUT2D eigenvalue weighted by molar-refractivity contribution is 0.215. The molecule has 1 unspecified atom stereocenters. The molecule has 2 fully saturated rings. The van der Waals surface area contributed by atoms with E-state index in [1.165, 1.54) is 18.5 Å². The van der Waals surface area contributed by atoms with Gasteiger partial charge in [-0.25, -0.2) is 0 Å². The van der Waals surface area contributed by atoms with Crippen molar-refractivity contribution in [1.29, 1.82) is 0 Å². The van der Waals surface area contributed by atoms with Crippen LogP contribution in [0.15, 0.2) is 22.7 Å². The average Bonchev–Trinajstić information content (AvgIpc) is 2.93. The minimum atomic E-state index is 0.710. The summed E-state index contributed by atoms with van der Waals surface area (Å²) in [7, 11) is 1.74. The Labute approximate surface area is 110 Å². The number of methoxy groups -OCH3 is 1. The summed E-state index contributed by atoms with van der Waals surface area (Å²) in [6, 6.07) is 7.71. The van der Waals surface area contributed by atoms with Crippen LogP contribution in [0, 0.1) is 0 Å². The molecule has 2 aliphatic heterocycles. The van der Waals surface area contributed by atoms with Gasteiger partial charge >= 0.3 is 0 Å². The van der Waals surface area contributed by atoms with E-state index in [4.69, 9.17) is 4.74 Å². The lowest BCUT2D eigenvalue weighted by atomic mass is 10.1. The number of nitrogens with one attached hydrogen (secondary N) is 1. The molecule has 92 valence electrons. The predicted octanol–water partition coefficient (Wildman–Crippen LogP) is 2.00. The third-order valence-corrected chi connectivity index (χ3v) is 4.29. The van der Waals surface area contributed by atoms with Gasteiger partial charge in [-0.15, -0.1) is 0 Å². The Morgan fingerprint density at radius 2 is 2.41 bits per heavy atom. The summed E-state index contributed by atoms with van der Waals surface area (Å²) < 4.78 is 6.52. The minimum absolute atomic E-state index is 0.710. The molecule has 17 heavy (non-hydrogen) atoms. The molecule has 1 aromatic carbocycles. The van der Waals surface area contributed by atoms with E-state index >= 15 is 0 Å². The lowest BCUT2D eigenvalue weighted by Gasteiger charge is -2.27. The van der Waals surface area contributed by atoms with Crippen molar-refractivity contribution in [3.05, 3.63) is 28.2 Å². The Kier molecular flexibility index (Phi) is 3.11. The van der Waals surface area contributed by atoms with Crippen molar-refractivity contribution in [2.45, 2.75) is 25.0 Å². The summed E-state index contributed by atoms with van der Waals surface area (Å²) in [5, 5.41) is 3.53. The highest BCUT2D eigenvalue weighted by Crippen LogP contribution is 2.29. The first-order valence-corrected chi connectivity index (χ1v) is 6.85. The molecule has 0 aliphatic carbocycles. The van der Waals surface area contributed by atoms with Crippen molar-refractivity contribution in [1.82, 2.24) is 10.2 Å². The largest absolute Gasteiger partial charge is 0.496 e. The third kappa shape index (κ3) is 2.21. The van der Waals surface area contributed by atoms with Crippen LogP contribution < -0.4 is 10.1 Å². The highest BCUT2D eigenvalue weighted by atomic mass is 79.9. The van der Waals surface area contributed by atoms with E-state index in [2.05, 4.69) is 38.3 Å². The van der Waals surface area contributed by atoms with Gasteiger partial charge in [-0.05, 0) is 18.6 Å². The van der Waals surface area contributed by atoms with Gasteiger partial charge in [0.05, 0.1) is 7.11 Å². The molecule has 0 saturated carbocycles. The van der Waals surface area contributed by atoms with Crippen LogP contribution >= 0.6 is 15.9 Å². The van der Waals surface area contributed by atoms with Crippen molar-refractivity contribution >= 4 is 15.9 Å². The quantitative estimate of drug-likeness (QED) is 0.923. The molecule has 1 N–H and O–H groups in total. The van der Waals surface area contributed by atoms with Crippen LogP contribution in [0.5, 0.6) is 5.75 Å². The molecular weight excluding hydrogens is 280 g/mol. The molecule has 2 saturated heterocycles. The number of piperazine rings is 1. The Morgan fingerprint density at radius 3 is 3.06 bits per heavy atom. The summed E-state index contributed by atoms with van der Waals surface area (Å²) >= 11 is 3.48. The molecule has 2 heterocycles. The van der Waals surface area contributed by atoms with Crippen LogP contribution in [-0.2, 0) is 6.54 Å². The Balaban J connectivity index is 1.76. The summed E-state index contributed by atoms with van der Waals surface area (Å²) in [5.41, 5.74) is 1.28. The maximum Gasteiger partial charge on any atom is 0.124 e. The highest BCUT2D eigenvalue weighted by molar-refractivity contribution is 9.10. The third-order valence-electron chi connectivity index (χ3n) is 3.79. The van der Waals surface area contributed by atoms with Gasteiger partial charge in [0, 0.05) is 41.8 Å². The van der Waals surface area contributed by atoms with Gasteiger partial charge in [-0.1, -0.05) is 22.0 Å². The molecule has 3 rings (SSSR count). The maximum absolute atomic E-state index is 5.44. The molecule has 0 spiro atoms. The maximum atomic E-state index is 5.44. The number of rotatable bonds is 3. The van der Waals surface area contributed by atoms with Gasteiger partial charge in [0.1, 0.15) is 5.75 Å². The second-order valence-electron chi connectivity index (χ2n) is 4.88. The van der Waals surface area contributed by atoms with E-state index in [1.54, 1.807) is 7.11 Å². The lowest BCUT2D eigenvalue weighted by Crippen LogP contribution is -2.43. The monoisotopic (exact) mass is 296 g/mol. The van der Waals surface area contributed by atoms with Crippen LogP contribution in [0.3, 0.4) is 0 Å². The van der Waals surface area contributed by atoms with E-state index in [0.29, 0.717) is 12.1 Å². The van der Waals surface area contributed by atoms with Crippen LogP contribution in [0.4, 0.5) is 0 Å². The standard InChI is InChI=1S/C13H17BrN2O/c1-17-13-4-10(14)3-2-9(13)7-16-8-11-5-12(16)6-15-11/h2-4,11-12,15H,5-8H2,1H3/t11?,12-/m1/s1. The topological polar surface area (TPSA) is 24.5 Å². The van der Waals surface area contributed by atoms with E-state index in [1.807, 2.05) is 6.07 Å². The van der Waals surface area contributed by atoms with Crippen molar-refractivity contribution in [3.63, 3.8) is 0 Å². The van der Waals surface area contributed by atoms with Crippen molar-refractivity contribution in [2.24, 2.45) is 0 Å². The smallest absolute Gasteiger partial charge is 0.124 e. The zero-order chi connectivity index (χ0) is 11.8.